The Balaban J connectivity index is 2.51. The fraction of sp³-hybridized carbons (Fsp3) is 0.667. The van der Waals surface area contributed by atoms with E-state index in [9.17, 15) is 14.4 Å². The number of nitrogens with zero attached hydrogens (tertiary/aromatic N) is 1. The number of carbonyl (C=O) groups excluding carboxylic acids is 3. The minimum Gasteiger partial charge on any atom is -0.444 e. The first-order valence-electron chi connectivity index (χ1n) is 12.3. The molecule has 0 radical (unpaired) electrons. The molecule has 1 saturated carbocycles. The summed E-state index contributed by atoms with van der Waals surface area (Å²) in [5, 5.41) is 5.86. The van der Waals surface area contributed by atoms with E-state index in [1.54, 1.807) is 25.7 Å². The van der Waals surface area contributed by atoms with Gasteiger partial charge in [0.15, 0.2) is 0 Å². The van der Waals surface area contributed by atoms with E-state index in [-0.39, 0.29) is 23.8 Å². The number of rotatable bonds is 7. The molecule has 1 fully saturated rings. The first-order valence-corrected chi connectivity index (χ1v) is 12.3. The monoisotopic (exact) mass is 473 g/mol. The van der Waals surface area contributed by atoms with Crippen LogP contribution in [0.1, 0.15) is 91.8 Å². The first kappa shape index (κ1) is 27.7. The van der Waals surface area contributed by atoms with E-state index >= 15 is 0 Å². The second-order valence-electron chi connectivity index (χ2n) is 11.7. The fourth-order valence-corrected chi connectivity index (χ4v) is 4.04. The quantitative estimate of drug-likeness (QED) is 0.591. The van der Waals surface area contributed by atoms with E-state index in [4.69, 9.17) is 4.74 Å². The Bertz CT molecular complexity index is 879. The van der Waals surface area contributed by atoms with Crippen molar-refractivity contribution in [3.05, 3.63) is 35.4 Å². The molecule has 7 heteroatoms. The third kappa shape index (κ3) is 7.47. The molecule has 0 bridgehead atoms. The van der Waals surface area contributed by atoms with Gasteiger partial charge in [-0.3, -0.25) is 9.59 Å². The summed E-state index contributed by atoms with van der Waals surface area (Å²) in [6.45, 7) is 16.9. The number of ether oxygens (including phenoxy) is 1. The zero-order valence-corrected chi connectivity index (χ0v) is 22.3. The second kappa shape index (κ2) is 10.8. The Morgan fingerprint density at radius 2 is 1.62 bits per heavy atom. The van der Waals surface area contributed by atoms with Crippen LogP contribution in [0.4, 0.5) is 4.79 Å². The molecule has 2 atom stereocenters. The molecule has 0 aromatic heterocycles. The van der Waals surface area contributed by atoms with Crippen LogP contribution in [0.25, 0.3) is 0 Å². The summed E-state index contributed by atoms with van der Waals surface area (Å²) in [6.07, 6.45) is 2.02. The highest BCUT2D eigenvalue weighted by Gasteiger charge is 2.43. The van der Waals surface area contributed by atoms with Crippen molar-refractivity contribution in [3.63, 3.8) is 0 Å². The number of hydrogen-bond donors (Lipinski definition) is 2. The summed E-state index contributed by atoms with van der Waals surface area (Å²) < 4.78 is 5.43. The standard InChI is InChI=1S/C27H43N3O4/c1-17(2)21(28-25(33)34-27(7,8)9)24(32)30(19-14-12-15-19)22(23(31)29-26(4,5)6)20-16-11-10-13-18(20)3/h10-11,13,16-17,19,21-22H,12,14-15H2,1-9H3,(H,28,33)(H,29,31). The molecule has 2 rings (SSSR count). The molecule has 1 aromatic carbocycles. The Kier molecular flexibility index (Phi) is 8.78. The first-order chi connectivity index (χ1) is 15.6. The lowest BCUT2D eigenvalue weighted by molar-refractivity contribution is -0.148. The van der Waals surface area contributed by atoms with Crippen molar-refractivity contribution in [2.24, 2.45) is 5.92 Å². The molecule has 1 aliphatic rings. The van der Waals surface area contributed by atoms with Gasteiger partial charge in [0.25, 0.3) is 0 Å². The van der Waals surface area contributed by atoms with Crippen molar-refractivity contribution < 1.29 is 19.1 Å². The molecule has 0 spiro atoms. The highest BCUT2D eigenvalue weighted by atomic mass is 16.6. The largest absolute Gasteiger partial charge is 0.444 e. The van der Waals surface area contributed by atoms with Gasteiger partial charge in [-0.15, -0.1) is 0 Å². The summed E-state index contributed by atoms with van der Waals surface area (Å²) in [5.74, 6) is -0.671. The summed E-state index contributed by atoms with van der Waals surface area (Å²) in [4.78, 5) is 42.1. The maximum absolute atomic E-state index is 14.1. The van der Waals surface area contributed by atoms with E-state index in [0.29, 0.717) is 0 Å². The zero-order valence-electron chi connectivity index (χ0n) is 22.3. The molecular weight excluding hydrogens is 430 g/mol. The van der Waals surface area contributed by atoms with Crippen molar-refractivity contribution in [2.75, 3.05) is 0 Å². The van der Waals surface area contributed by atoms with Crippen LogP contribution in [0.3, 0.4) is 0 Å². The van der Waals surface area contributed by atoms with Crippen LogP contribution in [0.15, 0.2) is 24.3 Å². The molecule has 0 saturated heterocycles. The van der Waals surface area contributed by atoms with E-state index in [2.05, 4.69) is 10.6 Å². The average Bonchev–Trinajstić information content (AvgIpc) is 2.62. The number of carbonyl (C=O) groups is 3. The fourth-order valence-electron chi connectivity index (χ4n) is 4.04. The number of benzene rings is 1. The Morgan fingerprint density at radius 3 is 2.06 bits per heavy atom. The molecule has 7 nitrogen and oxygen atoms in total. The van der Waals surface area contributed by atoms with Crippen molar-refractivity contribution >= 4 is 17.9 Å². The minimum absolute atomic E-state index is 0.0653. The average molecular weight is 474 g/mol. The van der Waals surface area contributed by atoms with Crippen LogP contribution in [0, 0.1) is 12.8 Å². The lowest BCUT2D eigenvalue weighted by atomic mass is 9.86. The van der Waals surface area contributed by atoms with Crippen molar-refractivity contribution in [1.82, 2.24) is 15.5 Å². The van der Waals surface area contributed by atoms with E-state index < -0.39 is 29.3 Å². The summed E-state index contributed by atoms with van der Waals surface area (Å²) in [5.41, 5.74) is 0.594. The van der Waals surface area contributed by atoms with Gasteiger partial charge in [0, 0.05) is 11.6 Å². The Morgan fingerprint density at radius 1 is 1.03 bits per heavy atom. The van der Waals surface area contributed by atoms with Gasteiger partial charge in [-0.25, -0.2) is 4.79 Å². The minimum atomic E-state index is -0.815. The molecule has 2 N–H and O–H groups in total. The topological polar surface area (TPSA) is 87.7 Å². The van der Waals surface area contributed by atoms with Crippen molar-refractivity contribution in [2.45, 2.75) is 111 Å². The van der Waals surface area contributed by atoms with Crippen LogP contribution in [0.5, 0.6) is 0 Å². The van der Waals surface area contributed by atoms with Gasteiger partial charge in [0.2, 0.25) is 11.8 Å². The van der Waals surface area contributed by atoms with Gasteiger partial charge in [0.05, 0.1) is 0 Å². The lowest BCUT2D eigenvalue weighted by Gasteiger charge is -2.45. The second-order valence-corrected chi connectivity index (χ2v) is 11.7. The predicted molar refractivity (Wildman–Crippen MR) is 134 cm³/mol. The van der Waals surface area contributed by atoms with Crippen LogP contribution in [-0.4, -0.2) is 46.0 Å². The van der Waals surface area contributed by atoms with Crippen LogP contribution in [-0.2, 0) is 14.3 Å². The summed E-state index contributed by atoms with van der Waals surface area (Å²) in [7, 11) is 0. The third-order valence-corrected chi connectivity index (χ3v) is 5.84. The Labute approximate surface area is 205 Å². The highest BCUT2D eigenvalue weighted by Crippen LogP contribution is 2.35. The molecule has 3 amide bonds. The lowest BCUT2D eigenvalue weighted by Crippen LogP contribution is -2.59. The Hall–Kier alpha value is -2.57. The smallest absolute Gasteiger partial charge is 0.408 e. The van der Waals surface area contributed by atoms with Crippen molar-refractivity contribution in [1.29, 1.82) is 0 Å². The normalized spacial score (nSPS) is 16.3. The number of aryl methyl sites for hydroxylation is 1. The number of hydrogen-bond acceptors (Lipinski definition) is 4. The van der Waals surface area contributed by atoms with Crippen molar-refractivity contribution in [3.8, 4) is 0 Å². The maximum atomic E-state index is 14.1. The highest BCUT2D eigenvalue weighted by molar-refractivity contribution is 5.93. The van der Waals surface area contributed by atoms with Gasteiger partial charge in [-0.05, 0) is 84.8 Å². The van der Waals surface area contributed by atoms with Gasteiger partial charge in [-0.1, -0.05) is 38.1 Å². The van der Waals surface area contributed by atoms with Crippen LogP contribution < -0.4 is 10.6 Å². The van der Waals surface area contributed by atoms with E-state index in [1.165, 1.54) is 0 Å². The molecule has 34 heavy (non-hydrogen) atoms. The molecule has 0 heterocycles. The number of amides is 3. The molecule has 1 aromatic rings. The summed E-state index contributed by atoms with van der Waals surface area (Å²) >= 11 is 0. The SMILES string of the molecule is Cc1ccccc1C(C(=O)NC(C)(C)C)N(C(=O)C(NC(=O)OC(C)(C)C)C(C)C)C1CCC1. The predicted octanol–water partition coefficient (Wildman–Crippen LogP) is 4.88. The van der Waals surface area contributed by atoms with Gasteiger partial charge in [0.1, 0.15) is 17.7 Å². The third-order valence-electron chi connectivity index (χ3n) is 5.84. The van der Waals surface area contributed by atoms with E-state index in [0.717, 1.165) is 30.4 Å². The van der Waals surface area contributed by atoms with Gasteiger partial charge < -0.3 is 20.3 Å². The van der Waals surface area contributed by atoms with Crippen LogP contribution in [0.2, 0.25) is 0 Å². The molecule has 1 aliphatic carbocycles. The molecular formula is C27H43N3O4. The molecule has 0 aliphatic heterocycles. The van der Waals surface area contributed by atoms with Crippen LogP contribution >= 0.6 is 0 Å². The molecule has 2 unspecified atom stereocenters. The number of alkyl carbamates (subject to hydrolysis) is 1. The zero-order chi connectivity index (χ0) is 25.8. The van der Waals surface area contributed by atoms with Gasteiger partial charge in [-0.2, -0.15) is 0 Å². The molecule has 190 valence electrons. The van der Waals surface area contributed by atoms with E-state index in [1.807, 2.05) is 65.8 Å². The maximum Gasteiger partial charge on any atom is 0.408 e. The number of nitrogens with one attached hydrogen (secondary N) is 2. The summed E-state index contributed by atoms with van der Waals surface area (Å²) in [6, 6.07) is 6.01. The van der Waals surface area contributed by atoms with Gasteiger partial charge >= 0.3 is 6.09 Å².